The molecule has 0 radical (unpaired) electrons. The van der Waals surface area contributed by atoms with Gasteiger partial charge in [0, 0.05) is 13.0 Å². The fourth-order valence-electron chi connectivity index (χ4n) is 5.21. The highest BCUT2D eigenvalue weighted by Gasteiger charge is 2.51. The molecule has 4 amide bonds. The second-order valence-electron chi connectivity index (χ2n) is 8.84. The molecule has 1 aromatic carbocycles. The quantitative estimate of drug-likeness (QED) is 0.771. The summed E-state index contributed by atoms with van der Waals surface area (Å²) in [6.45, 7) is 2.30. The number of nitrogens with one attached hydrogen (secondary N) is 1. The molecule has 4 rings (SSSR count). The Morgan fingerprint density at radius 3 is 2.43 bits per heavy atom. The van der Waals surface area contributed by atoms with Crippen molar-refractivity contribution in [1.29, 1.82) is 0 Å². The first-order valence-corrected chi connectivity index (χ1v) is 10.5. The first-order chi connectivity index (χ1) is 14.3. The van der Waals surface area contributed by atoms with Crippen molar-refractivity contribution in [2.75, 3.05) is 11.4 Å². The van der Waals surface area contributed by atoms with E-state index in [1.54, 1.807) is 17.0 Å². The van der Waals surface area contributed by atoms with E-state index in [9.17, 15) is 24.3 Å². The number of carbonyl (C=O) groups is 4. The molecule has 2 atom stereocenters. The zero-order valence-corrected chi connectivity index (χ0v) is 17.1. The van der Waals surface area contributed by atoms with Crippen molar-refractivity contribution < 1.29 is 24.3 Å². The van der Waals surface area contributed by atoms with Crippen LogP contribution in [0.5, 0.6) is 0 Å². The van der Waals surface area contributed by atoms with Crippen LogP contribution in [0.15, 0.2) is 24.3 Å². The van der Waals surface area contributed by atoms with Gasteiger partial charge in [-0.3, -0.25) is 14.4 Å². The highest BCUT2D eigenvalue weighted by atomic mass is 16.4. The van der Waals surface area contributed by atoms with E-state index < -0.39 is 35.4 Å². The minimum Gasteiger partial charge on any atom is -0.481 e. The second kappa shape index (κ2) is 7.74. The van der Waals surface area contributed by atoms with Crippen LogP contribution in [0.4, 0.5) is 10.5 Å². The van der Waals surface area contributed by atoms with E-state index in [0.717, 1.165) is 23.3 Å². The number of carboxylic acid groups (broad SMARTS) is 1. The van der Waals surface area contributed by atoms with Gasteiger partial charge in [-0.2, -0.15) is 0 Å². The van der Waals surface area contributed by atoms with Gasteiger partial charge in [0.1, 0.15) is 6.04 Å². The highest BCUT2D eigenvalue weighted by Crippen LogP contribution is 2.45. The van der Waals surface area contributed by atoms with Crippen molar-refractivity contribution in [3.05, 3.63) is 29.8 Å². The lowest BCUT2D eigenvalue weighted by molar-refractivity contribution is -0.143. The molecule has 1 aromatic rings. The third-order valence-corrected chi connectivity index (χ3v) is 6.71. The zero-order chi connectivity index (χ0) is 21.5. The first-order valence-electron chi connectivity index (χ1n) is 10.5. The van der Waals surface area contributed by atoms with Gasteiger partial charge < -0.3 is 15.3 Å². The number of urea groups is 1. The number of likely N-dealkylation sites (tertiary alicyclic amines) is 1. The fourth-order valence-corrected chi connectivity index (χ4v) is 5.21. The Morgan fingerprint density at radius 2 is 1.80 bits per heavy atom. The molecule has 1 saturated carbocycles. The number of carboxylic acids is 1. The molecule has 3 fully saturated rings. The molecular formula is C22H27N3O5. The largest absolute Gasteiger partial charge is 0.481 e. The number of amides is 4. The van der Waals surface area contributed by atoms with Crippen molar-refractivity contribution in [2.45, 2.75) is 64.0 Å². The smallest absolute Gasteiger partial charge is 0.329 e. The van der Waals surface area contributed by atoms with Crippen LogP contribution in [0.1, 0.15) is 50.5 Å². The minimum atomic E-state index is -0.893. The number of carbonyl (C=O) groups excluding carboxylic acids is 3. The Bertz CT molecular complexity index is 875. The van der Waals surface area contributed by atoms with Gasteiger partial charge in [0.25, 0.3) is 5.91 Å². The summed E-state index contributed by atoms with van der Waals surface area (Å²) in [6, 6.07) is 5.46. The summed E-state index contributed by atoms with van der Waals surface area (Å²) in [5.41, 5.74) is 0.956. The van der Waals surface area contributed by atoms with Crippen molar-refractivity contribution in [2.24, 2.45) is 5.41 Å². The molecule has 3 aliphatic rings. The normalized spacial score (nSPS) is 25.2. The highest BCUT2D eigenvalue weighted by molar-refractivity contribution is 6.19. The summed E-state index contributed by atoms with van der Waals surface area (Å²) >= 11 is 0. The number of rotatable bonds is 5. The van der Waals surface area contributed by atoms with Crippen LogP contribution in [-0.4, -0.2) is 52.4 Å². The number of benzene rings is 1. The Balaban J connectivity index is 1.55. The fraction of sp³-hybridized carbons (Fsp3) is 0.545. The molecule has 1 aliphatic carbocycles. The lowest BCUT2D eigenvalue weighted by atomic mass is 9.79. The molecule has 2 aliphatic heterocycles. The number of imide groups is 1. The van der Waals surface area contributed by atoms with Crippen LogP contribution in [0.25, 0.3) is 0 Å². The molecule has 160 valence electrons. The zero-order valence-electron chi connectivity index (χ0n) is 17.1. The van der Waals surface area contributed by atoms with E-state index in [-0.39, 0.29) is 18.7 Å². The Kier molecular flexibility index (Phi) is 5.26. The third-order valence-electron chi connectivity index (χ3n) is 6.71. The van der Waals surface area contributed by atoms with Crippen LogP contribution >= 0.6 is 0 Å². The molecule has 0 aromatic heterocycles. The molecule has 30 heavy (non-hydrogen) atoms. The van der Waals surface area contributed by atoms with E-state index in [2.05, 4.69) is 5.32 Å². The van der Waals surface area contributed by atoms with Gasteiger partial charge in [0.15, 0.2) is 0 Å². The van der Waals surface area contributed by atoms with E-state index in [4.69, 9.17) is 0 Å². The summed E-state index contributed by atoms with van der Waals surface area (Å²) in [4.78, 5) is 53.1. The summed E-state index contributed by atoms with van der Waals surface area (Å²) in [5, 5.41) is 12.2. The molecule has 8 nitrogen and oxygen atoms in total. The number of aryl methyl sites for hydroxylation is 1. The predicted molar refractivity (Wildman–Crippen MR) is 109 cm³/mol. The SMILES string of the molecule is Cc1ccc(N2C(=O)NC3CCN(C(=O)CC4(CC(=O)O)CCCC4)C3C2=O)cc1. The van der Waals surface area contributed by atoms with Gasteiger partial charge in [-0.15, -0.1) is 0 Å². The Hall–Kier alpha value is -2.90. The average Bonchev–Trinajstić information content (AvgIpc) is 3.30. The lowest BCUT2D eigenvalue weighted by Crippen LogP contribution is -2.65. The van der Waals surface area contributed by atoms with Crippen molar-refractivity contribution in [3.63, 3.8) is 0 Å². The number of fused-ring (bicyclic) bond motifs is 1. The number of aliphatic carboxylic acids is 1. The lowest BCUT2D eigenvalue weighted by Gasteiger charge is -2.38. The maximum Gasteiger partial charge on any atom is 0.329 e. The second-order valence-corrected chi connectivity index (χ2v) is 8.84. The Morgan fingerprint density at radius 1 is 1.13 bits per heavy atom. The maximum absolute atomic E-state index is 13.3. The average molecular weight is 413 g/mol. The Labute approximate surface area is 175 Å². The predicted octanol–water partition coefficient (Wildman–Crippen LogP) is 2.45. The van der Waals surface area contributed by atoms with Crippen LogP contribution in [-0.2, 0) is 14.4 Å². The van der Waals surface area contributed by atoms with E-state index in [1.165, 1.54) is 0 Å². The van der Waals surface area contributed by atoms with Gasteiger partial charge in [-0.1, -0.05) is 30.5 Å². The van der Waals surface area contributed by atoms with Crippen LogP contribution < -0.4 is 10.2 Å². The molecule has 2 N–H and O–H groups in total. The monoisotopic (exact) mass is 413 g/mol. The van der Waals surface area contributed by atoms with Gasteiger partial charge >= 0.3 is 12.0 Å². The molecule has 0 spiro atoms. The number of anilines is 1. The minimum absolute atomic E-state index is 0.0269. The molecule has 2 heterocycles. The maximum atomic E-state index is 13.3. The number of hydrogen-bond acceptors (Lipinski definition) is 4. The summed E-state index contributed by atoms with van der Waals surface area (Å²) in [7, 11) is 0. The van der Waals surface area contributed by atoms with Crippen molar-refractivity contribution in [3.8, 4) is 0 Å². The van der Waals surface area contributed by atoms with E-state index in [0.29, 0.717) is 31.5 Å². The van der Waals surface area contributed by atoms with Crippen molar-refractivity contribution in [1.82, 2.24) is 10.2 Å². The van der Waals surface area contributed by atoms with E-state index >= 15 is 0 Å². The van der Waals surface area contributed by atoms with Gasteiger partial charge in [-0.25, -0.2) is 9.69 Å². The van der Waals surface area contributed by atoms with Gasteiger partial charge in [0.2, 0.25) is 5.91 Å². The first kappa shape index (κ1) is 20.4. The van der Waals surface area contributed by atoms with Crippen molar-refractivity contribution >= 4 is 29.5 Å². The van der Waals surface area contributed by atoms with E-state index in [1.807, 2.05) is 19.1 Å². The summed E-state index contributed by atoms with van der Waals surface area (Å²) in [6.07, 6.45) is 3.89. The molecular weight excluding hydrogens is 386 g/mol. The van der Waals surface area contributed by atoms with Gasteiger partial charge in [-0.05, 0) is 43.7 Å². The summed E-state index contributed by atoms with van der Waals surface area (Å²) < 4.78 is 0. The molecule has 0 bridgehead atoms. The number of hydrogen-bond donors (Lipinski definition) is 2. The summed E-state index contributed by atoms with van der Waals surface area (Å²) in [5.74, 6) is -1.49. The van der Waals surface area contributed by atoms with Crippen LogP contribution in [0, 0.1) is 12.3 Å². The molecule has 2 unspecified atom stereocenters. The topological polar surface area (TPSA) is 107 Å². The molecule has 2 saturated heterocycles. The van der Waals surface area contributed by atoms with Gasteiger partial charge in [0.05, 0.1) is 18.2 Å². The van der Waals surface area contributed by atoms with Crippen LogP contribution in [0.2, 0.25) is 0 Å². The third kappa shape index (κ3) is 3.66. The number of nitrogens with zero attached hydrogens (tertiary/aromatic N) is 2. The standard InChI is InChI=1S/C22H27N3O5/c1-14-4-6-15(7-5-14)25-20(29)19-16(23-21(25)30)8-11-24(19)17(26)12-22(13-18(27)28)9-2-3-10-22/h4-7,16,19H,2-3,8-13H2,1H3,(H,23,30)(H,27,28). The molecule has 8 heteroatoms. The van der Waals surface area contributed by atoms with Crippen LogP contribution in [0.3, 0.4) is 0 Å².